The van der Waals surface area contributed by atoms with Crippen LogP contribution in [0.5, 0.6) is 0 Å². The van der Waals surface area contributed by atoms with Crippen LogP contribution in [0.4, 0.5) is 4.79 Å². The van der Waals surface area contributed by atoms with Gasteiger partial charge in [0.2, 0.25) is 5.91 Å². The number of imidazole rings is 1. The van der Waals surface area contributed by atoms with Crippen molar-refractivity contribution in [1.82, 2.24) is 20.2 Å². The number of aromatic amines is 1. The summed E-state index contributed by atoms with van der Waals surface area (Å²) in [6.45, 7) is 0.506. The number of carbonyl (C=O) groups excluding carboxylic acids is 2. The van der Waals surface area contributed by atoms with Gasteiger partial charge >= 0.3 is 12.1 Å². The van der Waals surface area contributed by atoms with Crippen molar-refractivity contribution in [2.24, 2.45) is 0 Å². The zero-order valence-corrected chi connectivity index (χ0v) is 15.2. The van der Waals surface area contributed by atoms with Gasteiger partial charge in [-0.25, -0.2) is 14.6 Å². The number of hydrogen-bond donors (Lipinski definition) is 3. The predicted octanol–water partition coefficient (Wildman–Crippen LogP) is 1.32. The van der Waals surface area contributed by atoms with Crippen LogP contribution in [0, 0.1) is 0 Å². The van der Waals surface area contributed by atoms with Crippen molar-refractivity contribution < 1.29 is 24.2 Å². The molecule has 1 aromatic heterocycles. The molecule has 3 rings (SSSR count). The Labute approximate surface area is 161 Å². The maximum absolute atomic E-state index is 12.6. The van der Waals surface area contributed by atoms with Crippen LogP contribution < -0.4 is 5.32 Å². The smallest absolute Gasteiger partial charge is 0.410 e. The molecule has 0 aliphatic carbocycles. The molecular formula is C19H22N4O5. The fourth-order valence-corrected chi connectivity index (χ4v) is 3.14. The Kier molecular flexibility index (Phi) is 6.25. The lowest BCUT2D eigenvalue weighted by atomic mass is 10.1. The molecule has 1 aromatic carbocycles. The van der Waals surface area contributed by atoms with Crippen LogP contribution in [-0.2, 0) is 27.4 Å². The minimum atomic E-state index is -1.15. The van der Waals surface area contributed by atoms with Crippen molar-refractivity contribution in [1.29, 1.82) is 0 Å². The number of carboxylic acid groups (broad SMARTS) is 1. The number of ether oxygens (including phenoxy) is 1. The summed E-state index contributed by atoms with van der Waals surface area (Å²) in [6, 6.07) is 7.39. The Bertz CT molecular complexity index is 809. The second-order valence-electron chi connectivity index (χ2n) is 6.57. The molecule has 9 heteroatoms. The zero-order chi connectivity index (χ0) is 19.9. The van der Waals surface area contributed by atoms with Gasteiger partial charge in [0.15, 0.2) is 0 Å². The van der Waals surface area contributed by atoms with Gasteiger partial charge in [0, 0.05) is 24.9 Å². The van der Waals surface area contributed by atoms with Crippen LogP contribution in [0.15, 0.2) is 42.9 Å². The number of amides is 2. The average Bonchev–Trinajstić information content (AvgIpc) is 3.38. The number of carbonyl (C=O) groups is 3. The summed E-state index contributed by atoms with van der Waals surface area (Å²) >= 11 is 0. The zero-order valence-electron chi connectivity index (χ0n) is 15.2. The van der Waals surface area contributed by atoms with Crippen molar-refractivity contribution >= 4 is 18.0 Å². The van der Waals surface area contributed by atoms with Gasteiger partial charge in [-0.1, -0.05) is 30.3 Å². The highest BCUT2D eigenvalue weighted by molar-refractivity contribution is 5.89. The van der Waals surface area contributed by atoms with E-state index in [0.717, 1.165) is 5.56 Å². The van der Waals surface area contributed by atoms with Crippen molar-refractivity contribution in [3.05, 3.63) is 54.1 Å². The maximum Gasteiger partial charge on any atom is 0.410 e. The van der Waals surface area contributed by atoms with Crippen LogP contribution in [0.1, 0.15) is 24.1 Å². The number of hydrogen-bond acceptors (Lipinski definition) is 5. The molecule has 148 valence electrons. The molecule has 2 aromatic rings. The number of carboxylic acids is 1. The first-order valence-corrected chi connectivity index (χ1v) is 9.02. The lowest BCUT2D eigenvalue weighted by molar-refractivity contribution is -0.142. The third kappa shape index (κ3) is 4.87. The molecule has 0 saturated carbocycles. The van der Waals surface area contributed by atoms with Crippen molar-refractivity contribution in [2.75, 3.05) is 6.54 Å². The van der Waals surface area contributed by atoms with Gasteiger partial charge in [-0.3, -0.25) is 9.69 Å². The quantitative estimate of drug-likeness (QED) is 0.659. The van der Waals surface area contributed by atoms with Crippen LogP contribution in [0.25, 0.3) is 0 Å². The molecule has 1 saturated heterocycles. The number of rotatable bonds is 7. The molecule has 2 heterocycles. The Morgan fingerprint density at radius 3 is 2.79 bits per heavy atom. The summed E-state index contributed by atoms with van der Waals surface area (Å²) in [6.07, 6.45) is 3.55. The average molecular weight is 386 g/mol. The van der Waals surface area contributed by atoms with E-state index >= 15 is 0 Å². The molecule has 3 N–H and O–H groups in total. The van der Waals surface area contributed by atoms with Crippen molar-refractivity contribution in [3.8, 4) is 0 Å². The summed E-state index contributed by atoms with van der Waals surface area (Å²) in [5.41, 5.74) is 1.44. The normalized spacial score (nSPS) is 17.1. The van der Waals surface area contributed by atoms with Gasteiger partial charge in [-0.15, -0.1) is 0 Å². The Hall–Kier alpha value is -3.36. The topological polar surface area (TPSA) is 125 Å². The molecule has 2 amide bonds. The molecule has 0 bridgehead atoms. The highest BCUT2D eigenvalue weighted by Gasteiger charge is 2.36. The van der Waals surface area contributed by atoms with Crippen LogP contribution in [-0.4, -0.2) is 56.6 Å². The molecule has 0 unspecified atom stereocenters. The predicted molar refractivity (Wildman–Crippen MR) is 98.2 cm³/mol. The van der Waals surface area contributed by atoms with Crippen LogP contribution in [0.3, 0.4) is 0 Å². The van der Waals surface area contributed by atoms with E-state index in [1.54, 1.807) is 0 Å². The van der Waals surface area contributed by atoms with Gasteiger partial charge in [-0.05, 0) is 18.4 Å². The van der Waals surface area contributed by atoms with Crippen LogP contribution >= 0.6 is 0 Å². The lowest BCUT2D eigenvalue weighted by Crippen LogP contribution is -2.51. The van der Waals surface area contributed by atoms with E-state index in [4.69, 9.17) is 4.74 Å². The summed E-state index contributed by atoms with van der Waals surface area (Å²) in [7, 11) is 0. The lowest BCUT2D eigenvalue weighted by Gasteiger charge is -2.25. The highest BCUT2D eigenvalue weighted by Crippen LogP contribution is 2.19. The summed E-state index contributed by atoms with van der Waals surface area (Å²) in [5.74, 6) is -1.65. The van der Waals surface area contributed by atoms with E-state index in [1.807, 2.05) is 30.3 Å². The van der Waals surface area contributed by atoms with Crippen LogP contribution in [0.2, 0.25) is 0 Å². The Morgan fingerprint density at radius 2 is 2.11 bits per heavy atom. The monoisotopic (exact) mass is 386 g/mol. The van der Waals surface area contributed by atoms with Gasteiger partial charge < -0.3 is 20.1 Å². The van der Waals surface area contributed by atoms with E-state index in [2.05, 4.69) is 15.3 Å². The number of H-pyrrole nitrogens is 1. The number of aliphatic carboxylic acids is 1. The number of aromatic nitrogens is 2. The van der Waals surface area contributed by atoms with Crippen molar-refractivity contribution in [2.45, 2.75) is 38.0 Å². The van der Waals surface area contributed by atoms with Gasteiger partial charge in [0.05, 0.1) is 6.33 Å². The molecule has 28 heavy (non-hydrogen) atoms. The first-order valence-electron chi connectivity index (χ1n) is 9.02. The standard InChI is InChI=1S/C19H22N4O5/c24-17(22-15(18(25)26)9-14-10-20-12-21-14)16-7-4-8-23(16)19(27)28-11-13-5-2-1-3-6-13/h1-3,5-6,10,12,15-16H,4,7-9,11H2,(H,20,21)(H,22,24)(H,25,26)/t15-,16-/m0/s1. The Balaban J connectivity index is 1.58. The number of nitrogens with zero attached hydrogens (tertiary/aromatic N) is 2. The number of nitrogens with one attached hydrogen (secondary N) is 2. The first kappa shape index (κ1) is 19.4. The third-order valence-corrected chi connectivity index (χ3v) is 4.59. The molecule has 1 aliphatic heterocycles. The minimum absolute atomic E-state index is 0.0756. The molecule has 0 spiro atoms. The fraction of sp³-hybridized carbons (Fsp3) is 0.368. The Morgan fingerprint density at radius 1 is 1.32 bits per heavy atom. The highest BCUT2D eigenvalue weighted by atomic mass is 16.6. The first-order chi connectivity index (χ1) is 13.5. The van der Waals surface area contributed by atoms with E-state index in [0.29, 0.717) is 25.1 Å². The van der Waals surface area contributed by atoms with Gasteiger partial charge in [0.25, 0.3) is 0 Å². The van der Waals surface area contributed by atoms with Gasteiger partial charge in [0.1, 0.15) is 18.7 Å². The molecular weight excluding hydrogens is 364 g/mol. The molecule has 1 aliphatic rings. The van der Waals surface area contributed by atoms with E-state index in [9.17, 15) is 19.5 Å². The summed E-state index contributed by atoms with van der Waals surface area (Å²) in [4.78, 5) is 44.5. The second kappa shape index (κ2) is 9.03. The SMILES string of the molecule is O=C(O)[C@H](Cc1cnc[nH]1)NC(=O)[C@@H]1CCCN1C(=O)OCc1ccccc1. The minimum Gasteiger partial charge on any atom is -0.480 e. The maximum atomic E-state index is 12.6. The molecule has 2 atom stereocenters. The largest absolute Gasteiger partial charge is 0.480 e. The molecule has 0 radical (unpaired) electrons. The number of benzene rings is 1. The summed E-state index contributed by atoms with van der Waals surface area (Å²) in [5, 5.41) is 11.9. The second-order valence-corrected chi connectivity index (χ2v) is 6.57. The third-order valence-electron chi connectivity index (χ3n) is 4.59. The fourth-order valence-electron chi connectivity index (χ4n) is 3.14. The van der Waals surface area contributed by atoms with E-state index < -0.39 is 30.1 Å². The van der Waals surface area contributed by atoms with Crippen molar-refractivity contribution in [3.63, 3.8) is 0 Å². The summed E-state index contributed by atoms with van der Waals surface area (Å²) < 4.78 is 5.31. The van der Waals surface area contributed by atoms with E-state index in [-0.39, 0.29) is 13.0 Å². The van der Waals surface area contributed by atoms with Gasteiger partial charge in [-0.2, -0.15) is 0 Å². The molecule has 1 fully saturated rings. The number of likely N-dealkylation sites (tertiary alicyclic amines) is 1. The van der Waals surface area contributed by atoms with E-state index in [1.165, 1.54) is 17.4 Å². The molecule has 9 nitrogen and oxygen atoms in total.